The van der Waals surface area contributed by atoms with Crippen LogP contribution in [-0.2, 0) is 21.1 Å². The molecule has 26 heavy (non-hydrogen) atoms. The summed E-state index contributed by atoms with van der Waals surface area (Å²) in [5.41, 5.74) is 2.10. The maximum Gasteiger partial charge on any atom is 4.00 e. The average Bonchev–Trinajstić information content (AvgIpc) is 3.34. The molecule has 0 fully saturated rings. The number of rotatable bonds is 4. The van der Waals surface area contributed by atoms with E-state index in [-0.39, 0.29) is 21.1 Å². The summed E-state index contributed by atoms with van der Waals surface area (Å²) in [7, 11) is -1.92. The molecule has 0 atom stereocenters. The van der Waals surface area contributed by atoms with E-state index in [1.54, 1.807) is 0 Å². The van der Waals surface area contributed by atoms with Gasteiger partial charge in [-0.2, -0.15) is 74.0 Å². The molecule has 4 rings (SSSR count). The molecule has 0 bridgehead atoms. The summed E-state index contributed by atoms with van der Waals surface area (Å²) in [5, 5.41) is 0. The normalized spacial score (nSPS) is 16.4. The van der Waals surface area contributed by atoms with E-state index in [1.807, 2.05) is 36.4 Å². The molecule has 0 aromatic heterocycles. The predicted octanol–water partition coefficient (Wildman–Crippen LogP) is 4.11. The van der Waals surface area contributed by atoms with Crippen LogP contribution in [0.4, 0.5) is 11.4 Å². The zero-order valence-corrected chi connectivity index (χ0v) is 18.0. The third-order valence-electron chi connectivity index (χ3n) is 4.48. The van der Waals surface area contributed by atoms with Crippen LogP contribution in [0.1, 0.15) is 0 Å². The van der Waals surface area contributed by atoms with Gasteiger partial charge in [-0.25, -0.2) is 0 Å². The van der Waals surface area contributed by atoms with Gasteiger partial charge in [0, 0.05) is 0 Å². The molecule has 2 aliphatic rings. The van der Waals surface area contributed by atoms with Gasteiger partial charge in [-0.05, 0) is 37.9 Å². The van der Waals surface area contributed by atoms with Crippen LogP contribution in [0.15, 0.2) is 73.3 Å². The number of anilines is 2. The standard InChI is InChI=1S/C20H20N4Si.Pt/c1-25(2,23-15-13-21(17-23)19-9-5-3-6-10-19)24-16-14-22(18-24)20-11-7-4-8-12-20;/h3-9,11,13-18H,1-2H3;/q-4;+4. The van der Waals surface area contributed by atoms with Crippen LogP contribution in [0.3, 0.4) is 0 Å². The molecule has 0 unspecified atom stereocenters. The summed E-state index contributed by atoms with van der Waals surface area (Å²) >= 11 is 0. The monoisotopic (exact) mass is 539 g/mol. The quantitative estimate of drug-likeness (QED) is 0.429. The van der Waals surface area contributed by atoms with E-state index in [9.17, 15) is 0 Å². The summed E-state index contributed by atoms with van der Waals surface area (Å²) in [5.74, 6) is 0. The van der Waals surface area contributed by atoms with Crippen molar-refractivity contribution >= 4 is 19.8 Å². The fourth-order valence-corrected chi connectivity index (χ4v) is 4.81. The predicted molar refractivity (Wildman–Crippen MR) is 104 cm³/mol. The Morgan fingerprint density at radius 2 is 1.19 bits per heavy atom. The van der Waals surface area contributed by atoms with Crippen LogP contribution in [0.5, 0.6) is 0 Å². The van der Waals surface area contributed by atoms with Crippen molar-refractivity contribution < 1.29 is 21.1 Å². The van der Waals surface area contributed by atoms with E-state index in [2.05, 4.69) is 94.4 Å². The fourth-order valence-electron chi connectivity index (χ4n) is 2.86. The van der Waals surface area contributed by atoms with Gasteiger partial charge < -0.3 is 18.9 Å². The Bertz CT molecular complexity index is 713. The van der Waals surface area contributed by atoms with Gasteiger partial charge in [-0.1, -0.05) is 0 Å². The van der Waals surface area contributed by atoms with Crippen molar-refractivity contribution in [3.05, 3.63) is 98.8 Å². The van der Waals surface area contributed by atoms with Crippen LogP contribution in [-0.4, -0.2) is 17.5 Å². The summed E-state index contributed by atoms with van der Waals surface area (Å²) in [6.45, 7) is 8.95. The molecule has 0 radical (unpaired) electrons. The molecular formula is C20H20N4PtSi. The van der Waals surface area contributed by atoms with Gasteiger partial charge in [-0.15, -0.1) is 11.4 Å². The number of hydrogen-bond donors (Lipinski definition) is 0. The second-order valence-electron chi connectivity index (χ2n) is 6.45. The van der Waals surface area contributed by atoms with E-state index in [0.717, 1.165) is 11.4 Å². The molecule has 0 aliphatic carbocycles. The second-order valence-corrected chi connectivity index (χ2v) is 10.5. The van der Waals surface area contributed by atoms with Gasteiger partial charge in [0.15, 0.2) is 0 Å². The smallest absolute Gasteiger partial charge is 0.520 e. The van der Waals surface area contributed by atoms with Crippen molar-refractivity contribution in [2.75, 3.05) is 9.80 Å². The van der Waals surface area contributed by atoms with Crippen molar-refractivity contribution in [2.45, 2.75) is 13.1 Å². The summed E-state index contributed by atoms with van der Waals surface area (Å²) in [6, 6.07) is 22.6. The van der Waals surface area contributed by atoms with Gasteiger partial charge in [0.2, 0.25) is 8.40 Å². The molecule has 4 nitrogen and oxygen atoms in total. The minimum atomic E-state index is -1.92. The van der Waals surface area contributed by atoms with Crippen LogP contribution in [0.2, 0.25) is 13.1 Å². The van der Waals surface area contributed by atoms with Gasteiger partial charge in [0.05, 0.1) is 0 Å². The Labute approximate surface area is 171 Å². The van der Waals surface area contributed by atoms with Crippen molar-refractivity contribution in [3.8, 4) is 0 Å². The molecule has 2 aliphatic heterocycles. The molecule has 2 aromatic rings. The van der Waals surface area contributed by atoms with Crippen molar-refractivity contribution in [1.29, 1.82) is 0 Å². The van der Waals surface area contributed by atoms with Crippen LogP contribution >= 0.6 is 0 Å². The third-order valence-corrected chi connectivity index (χ3v) is 7.54. The molecule has 0 saturated carbocycles. The molecule has 134 valence electrons. The first-order valence-electron chi connectivity index (χ1n) is 8.28. The summed E-state index contributed by atoms with van der Waals surface area (Å²) < 4.78 is 4.65. The first kappa shape index (κ1) is 18.8. The largest absolute Gasteiger partial charge is 4.00 e. The molecule has 2 aromatic carbocycles. The Morgan fingerprint density at radius 1 is 0.731 bits per heavy atom. The third kappa shape index (κ3) is 3.60. The van der Waals surface area contributed by atoms with E-state index >= 15 is 0 Å². The Balaban J connectivity index is 0.00000196. The SMILES string of the molecule is C[Si](C)(N1C=CN(c2[c-]cccc2)[CH-]1)N1C=CN(c2[c-]cccc2)[CH-]1.[Pt+4]. The molecule has 0 spiro atoms. The minimum absolute atomic E-state index is 0. The first-order chi connectivity index (χ1) is 12.1. The summed E-state index contributed by atoms with van der Waals surface area (Å²) in [6.07, 6.45) is 8.46. The van der Waals surface area contributed by atoms with Gasteiger partial charge in [0.1, 0.15) is 0 Å². The van der Waals surface area contributed by atoms with E-state index < -0.39 is 8.40 Å². The van der Waals surface area contributed by atoms with E-state index in [0.29, 0.717) is 0 Å². The zero-order valence-electron chi connectivity index (χ0n) is 14.7. The van der Waals surface area contributed by atoms with Gasteiger partial charge in [-0.3, -0.25) is 0 Å². The zero-order chi connectivity index (χ0) is 17.3. The van der Waals surface area contributed by atoms with Crippen LogP contribution in [0.25, 0.3) is 0 Å². The Kier molecular flexibility index (Phi) is 5.59. The number of hydrogen-bond acceptors (Lipinski definition) is 4. The van der Waals surface area contributed by atoms with Crippen molar-refractivity contribution in [1.82, 2.24) is 9.13 Å². The van der Waals surface area contributed by atoms with Crippen molar-refractivity contribution in [2.24, 2.45) is 0 Å². The van der Waals surface area contributed by atoms with E-state index in [4.69, 9.17) is 0 Å². The molecule has 0 N–H and O–H groups in total. The van der Waals surface area contributed by atoms with Gasteiger partial charge in [0.25, 0.3) is 0 Å². The maximum atomic E-state index is 3.26. The fraction of sp³-hybridized carbons (Fsp3) is 0.100. The van der Waals surface area contributed by atoms with Crippen LogP contribution in [0, 0.1) is 25.5 Å². The number of nitrogens with zero attached hydrogens (tertiary/aromatic N) is 4. The maximum absolute atomic E-state index is 3.26. The molecule has 6 heteroatoms. The number of benzene rings is 2. The average molecular weight is 540 g/mol. The molecule has 0 amide bonds. The van der Waals surface area contributed by atoms with Crippen LogP contribution < -0.4 is 9.80 Å². The second kappa shape index (κ2) is 7.73. The van der Waals surface area contributed by atoms with Crippen molar-refractivity contribution in [3.63, 3.8) is 0 Å². The molecular weight excluding hydrogens is 519 g/mol. The molecule has 0 saturated heterocycles. The summed E-state index contributed by atoms with van der Waals surface area (Å²) in [4.78, 5) is 4.22. The van der Waals surface area contributed by atoms with Gasteiger partial charge >= 0.3 is 21.1 Å². The Hall–Kier alpha value is -1.97. The minimum Gasteiger partial charge on any atom is -0.520 e. The van der Waals surface area contributed by atoms with E-state index in [1.165, 1.54) is 0 Å². The topological polar surface area (TPSA) is 13.0 Å². The Morgan fingerprint density at radius 3 is 1.58 bits per heavy atom. The first-order valence-corrected chi connectivity index (χ1v) is 11.2. The molecule has 2 heterocycles. The number of para-hydroxylation sites is 2.